The second-order valence-corrected chi connectivity index (χ2v) is 5.99. The van der Waals surface area contributed by atoms with Crippen LogP contribution in [0.25, 0.3) is 0 Å². The van der Waals surface area contributed by atoms with Crippen molar-refractivity contribution in [3.8, 4) is 0 Å². The number of benzene rings is 1. The molecular weight excluding hydrogens is 214 g/mol. The summed E-state index contributed by atoms with van der Waals surface area (Å²) >= 11 is 2.00. The molecule has 0 spiro atoms. The van der Waals surface area contributed by atoms with E-state index < -0.39 is 0 Å². The highest BCUT2D eigenvalue weighted by Crippen LogP contribution is 2.38. The van der Waals surface area contributed by atoms with Crippen LogP contribution in [0.15, 0.2) is 29.2 Å². The molecule has 1 unspecified atom stereocenters. The van der Waals surface area contributed by atoms with Gasteiger partial charge in [0.25, 0.3) is 0 Å². The minimum atomic E-state index is 0.716. The normalized spacial score (nSPS) is 19.1. The SMILES string of the molecule is CC(C)CCNCC1CSc2ccccc21. The number of nitrogens with one attached hydrogen (secondary N) is 1. The summed E-state index contributed by atoms with van der Waals surface area (Å²) < 4.78 is 0. The van der Waals surface area contributed by atoms with E-state index in [-0.39, 0.29) is 0 Å². The van der Waals surface area contributed by atoms with E-state index in [2.05, 4.69) is 43.4 Å². The lowest BCUT2D eigenvalue weighted by Crippen LogP contribution is -2.23. The molecule has 0 saturated heterocycles. The van der Waals surface area contributed by atoms with Gasteiger partial charge in [0.2, 0.25) is 0 Å². The van der Waals surface area contributed by atoms with Crippen LogP contribution in [-0.2, 0) is 0 Å². The average molecular weight is 235 g/mol. The highest BCUT2D eigenvalue weighted by Gasteiger charge is 2.21. The largest absolute Gasteiger partial charge is 0.316 e. The van der Waals surface area contributed by atoms with Crippen LogP contribution >= 0.6 is 11.8 Å². The van der Waals surface area contributed by atoms with Crippen molar-refractivity contribution in [1.29, 1.82) is 0 Å². The molecular formula is C14H21NS. The molecule has 1 atom stereocenters. The lowest BCUT2D eigenvalue weighted by molar-refractivity contribution is 0.524. The summed E-state index contributed by atoms with van der Waals surface area (Å²) in [6, 6.07) is 8.82. The van der Waals surface area contributed by atoms with Crippen molar-refractivity contribution in [2.45, 2.75) is 31.1 Å². The molecule has 0 radical (unpaired) electrons. The fraction of sp³-hybridized carbons (Fsp3) is 0.571. The molecule has 16 heavy (non-hydrogen) atoms. The van der Waals surface area contributed by atoms with E-state index in [4.69, 9.17) is 0 Å². The lowest BCUT2D eigenvalue weighted by Gasteiger charge is -2.12. The summed E-state index contributed by atoms with van der Waals surface area (Å²) in [6.07, 6.45) is 1.28. The van der Waals surface area contributed by atoms with E-state index in [1.807, 2.05) is 11.8 Å². The Morgan fingerprint density at radius 3 is 3.00 bits per heavy atom. The maximum absolute atomic E-state index is 3.59. The average Bonchev–Trinajstić information content (AvgIpc) is 2.68. The minimum absolute atomic E-state index is 0.716. The van der Waals surface area contributed by atoms with Crippen LogP contribution in [0.1, 0.15) is 31.7 Å². The van der Waals surface area contributed by atoms with Gasteiger partial charge in [-0.1, -0.05) is 32.0 Å². The Labute approximate surface area is 103 Å². The Bertz CT molecular complexity index is 335. The first-order chi connectivity index (χ1) is 7.77. The Morgan fingerprint density at radius 2 is 2.19 bits per heavy atom. The van der Waals surface area contributed by atoms with Crippen molar-refractivity contribution in [2.75, 3.05) is 18.8 Å². The van der Waals surface area contributed by atoms with E-state index in [0.717, 1.165) is 19.0 Å². The maximum atomic E-state index is 3.59. The molecule has 88 valence electrons. The van der Waals surface area contributed by atoms with Gasteiger partial charge in [0.15, 0.2) is 0 Å². The van der Waals surface area contributed by atoms with Crippen molar-refractivity contribution in [3.63, 3.8) is 0 Å². The molecule has 1 aliphatic heterocycles. The van der Waals surface area contributed by atoms with Gasteiger partial charge in [-0.3, -0.25) is 0 Å². The zero-order valence-electron chi connectivity index (χ0n) is 10.2. The van der Waals surface area contributed by atoms with Gasteiger partial charge < -0.3 is 5.32 Å². The zero-order valence-corrected chi connectivity index (χ0v) is 11.0. The number of hydrogen-bond donors (Lipinski definition) is 1. The van der Waals surface area contributed by atoms with Gasteiger partial charge in [-0.2, -0.15) is 0 Å². The standard InChI is InChI=1S/C14H21NS/c1-11(2)7-8-15-9-12-10-16-14-6-4-3-5-13(12)14/h3-6,11-12,15H,7-10H2,1-2H3. The van der Waals surface area contributed by atoms with Crippen LogP contribution < -0.4 is 5.32 Å². The van der Waals surface area contributed by atoms with Crippen LogP contribution in [0.3, 0.4) is 0 Å². The molecule has 1 aromatic rings. The molecule has 2 heteroatoms. The van der Waals surface area contributed by atoms with Crippen LogP contribution in [-0.4, -0.2) is 18.8 Å². The van der Waals surface area contributed by atoms with Crippen LogP contribution in [0, 0.1) is 5.92 Å². The maximum Gasteiger partial charge on any atom is 0.0108 e. The third-order valence-corrected chi connectivity index (χ3v) is 4.34. The van der Waals surface area contributed by atoms with Crippen LogP contribution in [0.2, 0.25) is 0 Å². The number of fused-ring (bicyclic) bond motifs is 1. The predicted octanol–water partition coefficient (Wildman–Crippen LogP) is 3.51. The van der Waals surface area contributed by atoms with Gasteiger partial charge in [-0.15, -0.1) is 11.8 Å². The fourth-order valence-corrected chi connectivity index (χ4v) is 3.32. The first-order valence-corrected chi connectivity index (χ1v) is 7.18. The van der Waals surface area contributed by atoms with Gasteiger partial charge in [-0.05, 0) is 30.5 Å². The van der Waals surface area contributed by atoms with Gasteiger partial charge >= 0.3 is 0 Å². The molecule has 0 bridgehead atoms. The Morgan fingerprint density at radius 1 is 1.38 bits per heavy atom. The molecule has 2 rings (SSSR count). The number of rotatable bonds is 5. The molecule has 0 aliphatic carbocycles. The Kier molecular flexibility index (Phi) is 4.30. The first kappa shape index (κ1) is 12.0. The van der Waals surface area contributed by atoms with Crippen molar-refractivity contribution in [3.05, 3.63) is 29.8 Å². The summed E-state index contributed by atoms with van der Waals surface area (Å²) in [7, 11) is 0. The molecule has 1 heterocycles. The molecule has 1 nitrogen and oxygen atoms in total. The first-order valence-electron chi connectivity index (χ1n) is 6.20. The second-order valence-electron chi connectivity index (χ2n) is 4.93. The Balaban J connectivity index is 1.80. The van der Waals surface area contributed by atoms with Gasteiger partial charge in [0, 0.05) is 23.1 Å². The zero-order chi connectivity index (χ0) is 11.4. The Hall–Kier alpha value is -0.470. The molecule has 1 aromatic carbocycles. The van der Waals surface area contributed by atoms with Gasteiger partial charge in [-0.25, -0.2) is 0 Å². The molecule has 1 aliphatic rings. The quantitative estimate of drug-likeness (QED) is 0.784. The summed E-state index contributed by atoms with van der Waals surface area (Å²) in [4.78, 5) is 1.48. The van der Waals surface area contributed by atoms with Crippen LogP contribution in [0.4, 0.5) is 0 Å². The highest BCUT2D eigenvalue weighted by molar-refractivity contribution is 7.99. The third-order valence-electron chi connectivity index (χ3n) is 3.09. The molecule has 0 saturated carbocycles. The van der Waals surface area contributed by atoms with Crippen molar-refractivity contribution in [2.24, 2.45) is 5.92 Å². The van der Waals surface area contributed by atoms with E-state index >= 15 is 0 Å². The molecule has 0 aromatic heterocycles. The molecule has 1 N–H and O–H groups in total. The van der Waals surface area contributed by atoms with Crippen LogP contribution in [0.5, 0.6) is 0 Å². The van der Waals surface area contributed by atoms with Crippen molar-refractivity contribution in [1.82, 2.24) is 5.32 Å². The summed E-state index contributed by atoms with van der Waals surface area (Å²) in [5, 5.41) is 3.59. The predicted molar refractivity (Wildman–Crippen MR) is 72.2 cm³/mol. The highest BCUT2D eigenvalue weighted by atomic mass is 32.2. The van der Waals surface area contributed by atoms with Gasteiger partial charge in [0.1, 0.15) is 0 Å². The smallest absolute Gasteiger partial charge is 0.0108 e. The fourth-order valence-electron chi connectivity index (χ4n) is 2.07. The molecule has 0 amide bonds. The van der Waals surface area contributed by atoms with E-state index in [9.17, 15) is 0 Å². The number of hydrogen-bond acceptors (Lipinski definition) is 2. The topological polar surface area (TPSA) is 12.0 Å². The monoisotopic (exact) mass is 235 g/mol. The second kappa shape index (κ2) is 5.74. The van der Waals surface area contributed by atoms with Crippen molar-refractivity contribution < 1.29 is 0 Å². The van der Waals surface area contributed by atoms with E-state index in [0.29, 0.717) is 5.92 Å². The minimum Gasteiger partial charge on any atom is -0.316 e. The van der Waals surface area contributed by atoms with E-state index in [1.165, 1.54) is 17.1 Å². The summed E-state index contributed by atoms with van der Waals surface area (Å²) in [5.74, 6) is 2.76. The number of thioether (sulfide) groups is 1. The third kappa shape index (κ3) is 3.02. The van der Waals surface area contributed by atoms with E-state index in [1.54, 1.807) is 5.56 Å². The summed E-state index contributed by atoms with van der Waals surface area (Å²) in [6.45, 7) is 6.85. The van der Waals surface area contributed by atoms with Gasteiger partial charge in [0.05, 0.1) is 0 Å². The summed E-state index contributed by atoms with van der Waals surface area (Å²) in [5.41, 5.74) is 1.55. The van der Waals surface area contributed by atoms with Crippen molar-refractivity contribution >= 4 is 11.8 Å². The lowest BCUT2D eigenvalue weighted by atomic mass is 10.0. The molecule has 0 fully saturated rings.